The van der Waals surface area contributed by atoms with Crippen LogP contribution in [0.5, 0.6) is 0 Å². The monoisotopic (exact) mass is 522 g/mol. The molecule has 1 saturated carbocycles. The number of hydrogen-bond acceptors (Lipinski definition) is 2. The van der Waals surface area contributed by atoms with Gasteiger partial charge in [-0.15, -0.1) is 0 Å². The summed E-state index contributed by atoms with van der Waals surface area (Å²) >= 11 is 12.3. The van der Waals surface area contributed by atoms with E-state index >= 15 is 0 Å². The molecule has 6 heteroatoms. The zero-order valence-corrected chi connectivity index (χ0v) is 21.8. The van der Waals surface area contributed by atoms with Crippen LogP contribution in [-0.4, -0.2) is 28.8 Å². The second-order valence-corrected chi connectivity index (χ2v) is 10.4. The number of rotatable bonds is 9. The van der Waals surface area contributed by atoms with Crippen molar-refractivity contribution in [1.82, 2.24) is 10.2 Å². The Morgan fingerprint density at radius 1 is 0.806 bits per heavy atom. The maximum atomic E-state index is 13.8. The SMILES string of the molecule is O=C(NC1CCCCC1)C(Cc1ccccc1)N(Cc1ccc(Cl)cc1)C(=O)Cc1cccc(Cl)c1. The van der Waals surface area contributed by atoms with E-state index in [9.17, 15) is 9.59 Å². The summed E-state index contributed by atoms with van der Waals surface area (Å²) in [6.45, 7) is 0.312. The summed E-state index contributed by atoms with van der Waals surface area (Å²) in [5, 5.41) is 4.48. The molecule has 36 heavy (non-hydrogen) atoms. The van der Waals surface area contributed by atoms with Gasteiger partial charge in [0, 0.05) is 29.1 Å². The first-order valence-electron chi connectivity index (χ1n) is 12.6. The second-order valence-electron chi connectivity index (χ2n) is 9.50. The van der Waals surface area contributed by atoms with E-state index in [0.29, 0.717) is 23.0 Å². The number of amides is 2. The van der Waals surface area contributed by atoms with Crippen molar-refractivity contribution >= 4 is 35.0 Å². The molecule has 1 fully saturated rings. The van der Waals surface area contributed by atoms with Gasteiger partial charge in [0.1, 0.15) is 6.04 Å². The predicted octanol–water partition coefficient (Wildman–Crippen LogP) is 6.62. The molecule has 188 valence electrons. The lowest BCUT2D eigenvalue weighted by molar-refractivity contribution is -0.141. The Bertz CT molecular complexity index is 1150. The third-order valence-electron chi connectivity index (χ3n) is 6.73. The molecular formula is C30H32Cl2N2O2. The first-order valence-corrected chi connectivity index (χ1v) is 13.4. The minimum Gasteiger partial charge on any atom is -0.352 e. The highest BCUT2D eigenvalue weighted by Gasteiger charge is 2.32. The third kappa shape index (κ3) is 7.59. The van der Waals surface area contributed by atoms with Crippen LogP contribution in [0.25, 0.3) is 0 Å². The standard InChI is InChI=1S/C30H32Cl2N2O2/c31-25-16-14-23(15-17-25)21-34(29(35)20-24-10-7-11-26(32)18-24)28(19-22-8-3-1-4-9-22)30(36)33-27-12-5-2-6-13-27/h1,3-4,7-11,14-18,27-28H,2,5-6,12-13,19-21H2,(H,33,36). The Kier molecular flexibility index (Phi) is 9.43. The number of carbonyl (C=O) groups is 2. The van der Waals surface area contributed by atoms with E-state index in [0.717, 1.165) is 42.4 Å². The summed E-state index contributed by atoms with van der Waals surface area (Å²) in [4.78, 5) is 29.3. The van der Waals surface area contributed by atoms with E-state index in [1.165, 1.54) is 6.42 Å². The van der Waals surface area contributed by atoms with Crippen molar-refractivity contribution in [2.75, 3.05) is 0 Å². The maximum Gasteiger partial charge on any atom is 0.243 e. The Morgan fingerprint density at radius 2 is 1.50 bits per heavy atom. The molecule has 1 unspecified atom stereocenters. The Balaban J connectivity index is 1.65. The fourth-order valence-electron chi connectivity index (χ4n) is 4.81. The molecule has 0 radical (unpaired) electrons. The van der Waals surface area contributed by atoms with Gasteiger partial charge in [-0.3, -0.25) is 9.59 Å². The largest absolute Gasteiger partial charge is 0.352 e. The van der Waals surface area contributed by atoms with Gasteiger partial charge in [0.25, 0.3) is 0 Å². The van der Waals surface area contributed by atoms with E-state index < -0.39 is 6.04 Å². The zero-order valence-electron chi connectivity index (χ0n) is 20.3. The molecule has 1 atom stereocenters. The van der Waals surface area contributed by atoms with E-state index in [-0.39, 0.29) is 24.3 Å². The van der Waals surface area contributed by atoms with Crippen LogP contribution >= 0.6 is 23.2 Å². The highest BCUT2D eigenvalue weighted by molar-refractivity contribution is 6.30. The van der Waals surface area contributed by atoms with Gasteiger partial charge in [0.15, 0.2) is 0 Å². The van der Waals surface area contributed by atoms with Gasteiger partial charge < -0.3 is 10.2 Å². The average molecular weight is 524 g/mol. The van der Waals surface area contributed by atoms with Crippen molar-refractivity contribution in [1.29, 1.82) is 0 Å². The van der Waals surface area contributed by atoms with Gasteiger partial charge in [-0.1, -0.05) is 97.1 Å². The minimum atomic E-state index is -0.642. The van der Waals surface area contributed by atoms with Gasteiger partial charge in [0.05, 0.1) is 6.42 Å². The number of halogens is 2. The summed E-state index contributed by atoms with van der Waals surface area (Å²) in [5.74, 6) is -0.217. The molecule has 0 bridgehead atoms. The average Bonchev–Trinajstić information content (AvgIpc) is 2.88. The number of nitrogens with one attached hydrogen (secondary N) is 1. The molecule has 3 aromatic carbocycles. The summed E-state index contributed by atoms with van der Waals surface area (Å²) in [6, 6.07) is 24.1. The van der Waals surface area contributed by atoms with E-state index in [1.807, 2.05) is 66.7 Å². The molecule has 0 saturated heterocycles. The van der Waals surface area contributed by atoms with Crippen LogP contribution in [-0.2, 0) is 29.0 Å². The van der Waals surface area contributed by atoms with Crippen LogP contribution in [0.3, 0.4) is 0 Å². The predicted molar refractivity (Wildman–Crippen MR) is 146 cm³/mol. The van der Waals surface area contributed by atoms with Gasteiger partial charge in [-0.2, -0.15) is 0 Å². The molecule has 3 aromatic rings. The molecule has 0 spiro atoms. The van der Waals surface area contributed by atoms with Gasteiger partial charge in [0.2, 0.25) is 11.8 Å². The molecule has 1 aliphatic carbocycles. The lowest BCUT2D eigenvalue weighted by Crippen LogP contribution is -2.53. The van der Waals surface area contributed by atoms with Crippen molar-refractivity contribution in [2.45, 2.75) is 63.6 Å². The first kappa shape index (κ1) is 26.2. The summed E-state index contributed by atoms with van der Waals surface area (Å²) in [6.07, 6.45) is 6.02. The van der Waals surface area contributed by atoms with Crippen LogP contribution in [0.1, 0.15) is 48.8 Å². The van der Waals surface area contributed by atoms with Crippen molar-refractivity contribution in [3.8, 4) is 0 Å². The number of carbonyl (C=O) groups excluding carboxylic acids is 2. The number of benzene rings is 3. The second kappa shape index (κ2) is 12.9. The molecule has 1 aliphatic rings. The molecule has 0 aliphatic heterocycles. The van der Waals surface area contributed by atoms with E-state index in [2.05, 4.69) is 5.32 Å². The van der Waals surface area contributed by atoms with Crippen molar-refractivity contribution < 1.29 is 9.59 Å². The topological polar surface area (TPSA) is 49.4 Å². The van der Waals surface area contributed by atoms with Crippen LogP contribution in [0.15, 0.2) is 78.9 Å². The number of nitrogens with zero attached hydrogens (tertiary/aromatic N) is 1. The molecule has 1 N–H and O–H groups in total. The maximum absolute atomic E-state index is 13.8. The minimum absolute atomic E-state index is 0.0980. The van der Waals surface area contributed by atoms with Gasteiger partial charge in [-0.05, 0) is 53.8 Å². The Labute approximate surface area is 223 Å². The highest BCUT2D eigenvalue weighted by atomic mass is 35.5. The molecule has 4 rings (SSSR count). The third-order valence-corrected chi connectivity index (χ3v) is 7.22. The van der Waals surface area contributed by atoms with Gasteiger partial charge >= 0.3 is 0 Å². The van der Waals surface area contributed by atoms with E-state index in [1.54, 1.807) is 17.0 Å². The quantitative estimate of drug-likeness (QED) is 0.343. The van der Waals surface area contributed by atoms with E-state index in [4.69, 9.17) is 23.2 Å². The fraction of sp³-hybridized carbons (Fsp3) is 0.333. The lowest BCUT2D eigenvalue weighted by Gasteiger charge is -2.33. The van der Waals surface area contributed by atoms with Crippen molar-refractivity contribution in [2.24, 2.45) is 0 Å². The molecule has 4 nitrogen and oxygen atoms in total. The fourth-order valence-corrected chi connectivity index (χ4v) is 5.15. The normalized spacial score (nSPS) is 14.7. The highest BCUT2D eigenvalue weighted by Crippen LogP contribution is 2.21. The lowest BCUT2D eigenvalue weighted by atomic mass is 9.94. The van der Waals surface area contributed by atoms with Crippen molar-refractivity contribution in [3.63, 3.8) is 0 Å². The summed E-state index contributed by atoms with van der Waals surface area (Å²) in [7, 11) is 0. The Morgan fingerprint density at radius 3 is 2.19 bits per heavy atom. The molecule has 2 amide bonds. The van der Waals surface area contributed by atoms with Crippen LogP contribution in [0.2, 0.25) is 10.0 Å². The van der Waals surface area contributed by atoms with Crippen molar-refractivity contribution in [3.05, 3.63) is 106 Å². The molecular weight excluding hydrogens is 491 g/mol. The van der Waals surface area contributed by atoms with Crippen LogP contribution < -0.4 is 5.32 Å². The molecule has 0 heterocycles. The van der Waals surface area contributed by atoms with Crippen LogP contribution in [0.4, 0.5) is 0 Å². The van der Waals surface area contributed by atoms with Gasteiger partial charge in [-0.25, -0.2) is 0 Å². The first-order chi connectivity index (χ1) is 17.5. The summed E-state index contributed by atoms with van der Waals surface area (Å²) in [5.41, 5.74) is 2.75. The Hall–Kier alpha value is -2.82. The number of hydrogen-bond donors (Lipinski definition) is 1. The van der Waals surface area contributed by atoms with Crippen LogP contribution in [0, 0.1) is 0 Å². The smallest absolute Gasteiger partial charge is 0.243 e. The summed E-state index contributed by atoms with van der Waals surface area (Å²) < 4.78 is 0. The molecule has 0 aromatic heterocycles. The zero-order chi connectivity index (χ0) is 25.3.